The first-order valence-corrected chi connectivity index (χ1v) is 10.7. The molecule has 1 N–H and O–H groups in total. The van der Waals surface area contributed by atoms with E-state index in [9.17, 15) is 9.90 Å². The summed E-state index contributed by atoms with van der Waals surface area (Å²) < 4.78 is 17.3. The maximum absolute atomic E-state index is 13.4. The number of aliphatic hydroxyl groups excluding tert-OH is 1. The lowest BCUT2D eigenvalue weighted by molar-refractivity contribution is -0.0215. The van der Waals surface area contributed by atoms with Crippen molar-refractivity contribution in [1.29, 1.82) is 0 Å². The molecule has 2 atom stereocenters. The van der Waals surface area contributed by atoms with Crippen molar-refractivity contribution in [3.05, 3.63) is 100 Å². The minimum Gasteiger partial charge on any atom is -0.459 e. The van der Waals surface area contributed by atoms with Crippen LogP contribution in [0.25, 0.3) is 11.0 Å². The summed E-state index contributed by atoms with van der Waals surface area (Å²) in [6, 6.07) is 13.8. The lowest BCUT2D eigenvalue weighted by Crippen LogP contribution is -2.41. The molecule has 8 nitrogen and oxygen atoms in total. The third kappa shape index (κ3) is 4.36. The number of aliphatic hydroxyl groups is 1. The lowest BCUT2D eigenvalue weighted by Gasteiger charge is -2.35. The maximum Gasteiger partial charge on any atom is 0.345 e. The summed E-state index contributed by atoms with van der Waals surface area (Å²) in [6.07, 6.45) is 5.24. The Morgan fingerprint density at radius 2 is 1.64 bits per heavy atom. The van der Waals surface area contributed by atoms with Crippen LogP contribution in [0, 0.1) is 0 Å². The number of rotatable bonds is 6. The predicted molar refractivity (Wildman–Crippen MR) is 121 cm³/mol. The average molecular weight is 445 g/mol. The van der Waals surface area contributed by atoms with Crippen LogP contribution in [-0.2, 0) is 4.74 Å². The molecule has 1 aromatic carbocycles. The number of benzene rings is 1. The summed E-state index contributed by atoms with van der Waals surface area (Å²) in [4.78, 5) is 23.9. The van der Waals surface area contributed by atoms with E-state index in [1.807, 2.05) is 24.3 Å². The summed E-state index contributed by atoms with van der Waals surface area (Å²) in [6.45, 7) is 2.33. The topological polar surface area (TPSA) is 97.9 Å². The van der Waals surface area contributed by atoms with Gasteiger partial charge < -0.3 is 19.0 Å². The van der Waals surface area contributed by atoms with Crippen LogP contribution in [0.4, 0.5) is 0 Å². The zero-order valence-corrected chi connectivity index (χ0v) is 17.8. The van der Waals surface area contributed by atoms with E-state index in [4.69, 9.17) is 13.9 Å². The van der Waals surface area contributed by atoms with Crippen LogP contribution in [0.15, 0.2) is 82.5 Å². The third-order valence-corrected chi connectivity index (χ3v) is 5.68. The molecule has 33 heavy (non-hydrogen) atoms. The summed E-state index contributed by atoms with van der Waals surface area (Å²) in [7, 11) is 0. The molecule has 4 aromatic rings. The monoisotopic (exact) mass is 445 g/mol. The van der Waals surface area contributed by atoms with Gasteiger partial charge in [0.2, 0.25) is 6.29 Å². The second-order valence-electron chi connectivity index (χ2n) is 7.72. The van der Waals surface area contributed by atoms with E-state index in [0.717, 1.165) is 5.56 Å². The van der Waals surface area contributed by atoms with Crippen molar-refractivity contribution in [2.45, 2.75) is 12.3 Å². The Morgan fingerprint density at radius 1 is 0.939 bits per heavy atom. The normalized spacial score (nSPS) is 16.4. The molecule has 3 aromatic heterocycles. The lowest BCUT2D eigenvalue weighted by atomic mass is 9.97. The van der Waals surface area contributed by atoms with Crippen LogP contribution >= 0.6 is 0 Å². The van der Waals surface area contributed by atoms with Gasteiger partial charge in [-0.2, -0.15) is 0 Å². The number of aromatic nitrogens is 2. The Morgan fingerprint density at radius 3 is 2.33 bits per heavy atom. The minimum atomic E-state index is -1.32. The molecule has 4 heterocycles. The number of hydrogen-bond acceptors (Lipinski definition) is 8. The molecule has 0 spiro atoms. The minimum absolute atomic E-state index is 0.276. The second-order valence-corrected chi connectivity index (χ2v) is 7.72. The van der Waals surface area contributed by atoms with Crippen molar-refractivity contribution < 1.29 is 19.0 Å². The number of ether oxygens (including phenoxy) is 2. The van der Waals surface area contributed by atoms with Gasteiger partial charge in [-0.1, -0.05) is 18.2 Å². The van der Waals surface area contributed by atoms with Gasteiger partial charge in [0.25, 0.3) is 0 Å². The van der Waals surface area contributed by atoms with Crippen LogP contribution in [0.2, 0.25) is 0 Å². The molecule has 1 aliphatic heterocycles. The third-order valence-electron chi connectivity index (χ3n) is 5.68. The first-order valence-electron chi connectivity index (χ1n) is 10.7. The molecule has 1 aliphatic rings. The number of hydrogen-bond donors (Lipinski definition) is 1. The van der Waals surface area contributed by atoms with Crippen LogP contribution in [0.5, 0.6) is 5.75 Å². The predicted octanol–water partition coefficient (Wildman–Crippen LogP) is 3.07. The summed E-state index contributed by atoms with van der Waals surface area (Å²) in [5.41, 5.74) is 1.47. The molecule has 0 aliphatic carbocycles. The Kier molecular flexibility index (Phi) is 6.12. The van der Waals surface area contributed by atoms with Gasteiger partial charge in [0.1, 0.15) is 16.9 Å². The van der Waals surface area contributed by atoms with E-state index in [1.165, 1.54) is 6.20 Å². The highest BCUT2D eigenvalue weighted by Gasteiger charge is 2.32. The van der Waals surface area contributed by atoms with Gasteiger partial charge in [0.15, 0.2) is 0 Å². The zero-order chi connectivity index (χ0) is 22.6. The SMILES string of the molecule is O=c1oc2ccccc2c(O[C@H](O)c2cccnc2)c1[C@H](c1cccnc1)N1CCOCC1. The van der Waals surface area contributed by atoms with Crippen molar-refractivity contribution in [1.82, 2.24) is 14.9 Å². The quantitative estimate of drug-likeness (QED) is 0.357. The largest absolute Gasteiger partial charge is 0.459 e. The number of morpholine rings is 1. The van der Waals surface area contributed by atoms with Crippen LogP contribution in [-0.4, -0.2) is 46.3 Å². The second kappa shape index (κ2) is 9.50. The summed E-state index contributed by atoms with van der Waals surface area (Å²) in [5.74, 6) is 0.276. The van der Waals surface area contributed by atoms with Crippen LogP contribution < -0.4 is 10.4 Å². The number of pyridine rings is 2. The van der Waals surface area contributed by atoms with Gasteiger partial charge in [0.05, 0.1) is 24.6 Å². The van der Waals surface area contributed by atoms with Gasteiger partial charge >= 0.3 is 5.63 Å². The number of para-hydroxylation sites is 1. The summed E-state index contributed by atoms with van der Waals surface area (Å²) >= 11 is 0. The van der Waals surface area contributed by atoms with Gasteiger partial charge in [-0.25, -0.2) is 4.79 Å². The smallest absolute Gasteiger partial charge is 0.345 e. The summed E-state index contributed by atoms with van der Waals surface area (Å²) in [5, 5.41) is 11.5. The molecule has 0 saturated carbocycles. The molecule has 0 bridgehead atoms. The fraction of sp³-hybridized carbons (Fsp3) is 0.240. The first kappa shape index (κ1) is 21.3. The number of nitrogens with zero attached hydrogens (tertiary/aromatic N) is 3. The highest BCUT2D eigenvalue weighted by molar-refractivity contribution is 5.84. The van der Waals surface area contributed by atoms with Gasteiger partial charge in [-0.3, -0.25) is 14.9 Å². The molecule has 5 rings (SSSR count). The van der Waals surface area contributed by atoms with Crippen molar-refractivity contribution in [3.63, 3.8) is 0 Å². The fourth-order valence-electron chi connectivity index (χ4n) is 4.13. The molecule has 0 radical (unpaired) electrons. The Bertz CT molecular complexity index is 1270. The Labute approximate surface area is 190 Å². The average Bonchev–Trinajstić information content (AvgIpc) is 2.87. The zero-order valence-electron chi connectivity index (χ0n) is 17.8. The van der Waals surface area contributed by atoms with E-state index in [2.05, 4.69) is 14.9 Å². The first-order chi connectivity index (χ1) is 16.2. The molecule has 0 unspecified atom stereocenters. The van der Waals surface area contributed by atoms with E-state index >= 15 is 0 Å². The van der Waals surface area contributed by atoms with Gasteiger partial charge in [-0.05, 0) is 35.9 Å². The standard InChI is InChI=1S/C25H23N3O5/c29-24(18-6-4-10-27-16-18)33-23-19-7-1-2-8-20(19)32-25(30)21(23)22(17-5-3-9-26-15-17)28-11-13-31-14-12-28/h1-10,15-16,22,24,29H,11-14H2/t22-,24-/m0/s1. The molecule has 168 valence electrons. The van der Waals surface area contributed by atoms with E-state index in [1.54, 1.807) is 42.9 Å². The molecular formula is C25H23N3O5. The number of fused-ring (bicyclic) bond motifs is 1. The van der Waals surface area contributed by atoms with E-state index in [-0.39, 0.29) is 5.75 Å². The van der Waals surface area contributed by atoms with Crippen molar-refractivity contribution in [2.24, 2.45) is 0 Å². The van der Waals surface area contributed by atoms with E-state index < -0.39 is 18.0 Å². The van der Waals surface area contributed by atoms with Crippen molar-refractivity contribution in [3.8, 4) is 5.75 Å². The maximum atomic E-state index is 13.4. The molecular weight excluding hydrogens is 422 g/mol. The molecule has 1 saturated heterocycles. The molecule has 8 heteroatoms. The van der Waals surface area contributed by atoms with Crippen LogP contribution in [0.3, 0.4) is 0 Å². The highest BCUT2D eigenvalue weighted by atomic mass is 16.6. The Hall–Kier alpha value is -3.59. The van der Waals surface area contributed by atoms with Gasteiger partial charge in [-0.15, -0.1) is 0 Å². The van der Waals surface area contributed by atoms with Gasteiger partial charge in [0, 0.05) is 43.4 Å². The molecule has 0 amide bonds. The highest BCUT2D eigenvalue weighted by Crippen LogP contribution is 2.38. The van der Waals surface area contributed by atoms with E-state index in [0.29, 0.717) is 48.4 Å². The fourth-order valence-corrected chi connectivity index (χ4v) is 4.13. The van der Waals surface area contributed by atoms with Crippen LogP contribution in [0.1, 0.15) is 29.0 Å². The Balaban J connectivity index is 1.71. The van der Waals surface area contributed by atoms with Crippen molar-refractivity contribution >= 4 is 11.0 Å². The molecule has 1 fully saturated rings. The van der Waals surface area contributed by atoms with Crippen molar-refractivity contribution in [2.75, 3.05) is 26.3 Å².